The van der Waals surface area contributed by atoms with Crippen LogP contribution in [0.3, 0.4) is 0 Å². The molecule has 3 aromatic rings. The second kappa shape index (κ2) is 9.15. The fraction of sp³-hybridized carbons (Fsp3) is 0.292. The minimum atomic E-state index is -1.15. The third-order valence-corrected chi connectivity index (χ3v) is 8.78. The van der Waals surface area contributed by atoms with E-state index in [1.54, 1.807) is 11.1 Å². The lowest BCUT2D eigenvalue weighted by Crippen LogP contribution is -2.66. The van der Waals surface area contributed by atoms with Crippen LogP contribution in [0, 0.1) is 11.6 Å². The van der Waals surface area contributed by atoms with Gasteiger partial charge in [-0.3, -0.25) is 19.3 Å². The van der Waals surface area contributed by atoms with Crippen LogP contribution >= 0.6 is 23.1 Å². The highest BCUT2D eigenvalue weighted by atomic mass is 32.2. The van der Waals surface area contributed by atoms with Gasteiger partial charge >= 0.3 is 6.16 Å². The number of hydrogen-bond donors (Lipinski definition) is 0. The van der Waals surface area contributed by atoms with Crippen LogP contribution in [-0.2, 0) is 15.2 Å². The van der Waals surface area contributed by atoms with E-state index in [2.05, 4.69) is 4.74 Å². The number of fused-ring (bicyclic) bond motifs is 4. The number of carbonyl (C=O) groups excluding carboxylic acids is 2. The summed E-state index contributed by atoms with van der Waals surface area (Å²) in [6, 6.07) is 5.05. The Morgan fingerprint density at radius 3 is 2.84 bits per heavy atom. The molecular formula is C24H19F2N3O6S2. The van der Waals surface area contributed by atoms with Gasteiger partial charge in [-0.1, -0.05) is 6.07 Å². The Morgan fingerprint density at radius 1 is 1.19 bits per heavy atom. The molecule has 0 saturated carbocycles. The quantitative estimate of drug-likeness (QED) is 0.451. The van der Waals surface area contributed by atoms with E-state index in [1.807, 2.05) is 11.4 Å². The Bertz CT molecular complexity index is 1490. The van der Waals surface area contributed by atoms with Gasteiger partial charge in [0.2, 0.25) is 11.2 Å². The van der Waals surface area contributed by atoms with Gasteiger partial charge in [0.25, 0.3) is 5.91 Å². The van der Waals surface area contributed by atoms with Crippen molar-refractivity contribution >= 4 is 35.2 Å². The number of nitrogens with zero attached hydrogens (tertiary/aromatic N) is 3. The van der Waals surface area contributed by atoms with Gasteiger partial charge in [-0.25, -0.2) is 13.6 Å². The molecule has 2 aromatic heterocycles. The molecule has 3 aliphatic heterocycles. The molecule has 3 aliphatic rings. The number of rotatable bonds is 2. The Morgan fingerprint density at radius 2 is 2.03 bits per heavy atom. The molecule has 0 aliphatic carbocycles. The zero-order chi connectivity index (χ0) is 25.8. The van der Waals surface area contributed by atoms with Crippen molar-refractivity contribution in [1.29, 1.82) is 0 Å². The molecule has 1 fully saturated rings. The molecule has 0 spiro atoms. The van der Waals surface area contributed by atoms with E-state index in [0.717, 1.165) is 22.9 Å². The zero-order valence-corrected chi connectivity index (χ0v) is 20.9. The molecular weight excluding hydrogens is 528 g/mol. The number of halogens is 2. The average molecular weight is 548 g/mol. The van der Waals surface area contributed by atoms with Crippen LogP contribution in [0.4, 0.5) is 13.6 Å². The van der Waals surface area contributed by atoms with E-state index in [0.29, 0.717) is 5.56 Å². The highest BCUT2D eigenvalue weighted by molar-refractivity contribution is 7.98. The van der Waals surface area contributed by atoms with Crippen LogP contribution in [0.15, 0.2) is 45.5 Å². The van der Waals surface area contributed by atoms with Gasteiger partial charge in [-0.15, -0.1) is 23.1 Å². The molecule has 1 amide bonds. The molecule has 0 unspecified atom stereocenters. The number of ether oxygens (including phenoxy) is 3. The number of morpholine rings is 1. The molecule has 0 bridgehead atoms. The van der Waals surface area contributed by atoms with E-state index >= 15 is 4.39 Å². The van der Waals surface area contributed by atoms with E-state index in [4.69, 9.17) is 9.47 Å². The van der Waals surface area contributed by atoms with Crippen LogP contribution < -0.4 is 15.2 Å². The van der Waals surface area contributed by atoms with Crippen molar-refractivity contribution in [2.24, 2.45) is 0 Å². The first kappa shape index (κ1) is 23.9. The van der Waals surface area contributed by atoms with Gasteiger partial charge in [0, 0.05) is 39.9 Å². The molecule has 13 heteroatoms. The lowest BCUT2D eigenvalue weighted by Gasteiger charge is -2.51. The Kier molecular flexibility index (Phi) is 5.92. The predicted octanol–water partition coefficient (Wildman–Crippen LogP) is 3.48. The SMILES string of the molecule is COC(=O)Oc1c2n(ccc1=O)N([C@@H]1c3ccc(F)c(F)c3CSc3ccsc31)[C@@H]1COCCN1C2=O. The van der Waals surface area contributed by atoms with E-state index < -0.39 is 47.1 Å². The second-order valence-electron chi connectivity index (χ2n) is 8.46. The molecule has 2 atom stereocenters. The average Bonchev–Trinajstić information content (AvgIpc) is 3.31. The number of thiophene rings is 1. The van der Waals surface area contributed by atoms with Crippen LogP contribution in [0.5, 0.6) is 5.75 Å². The van der Waals surface area contributed by atoms with Crippen molar-refractivity contribution in [2.45, 2.75) is 22.9 Å². The number of pyridine rings is 1. The number of thioether (sulfide) groups is 1. The summed E-state index contributed by atoms with van der Waals surface area (Å²) in [5.41, 5.74) is -0.117. The monoisotopic (exact) mass is 547 g/mol. The number of amides is 1. The third kappa shape index (κ3) is 3.71. The van der Waals surface area contributed by atoms with Crippen molar-refractivity contribution in [3.8, 4) is 5.75 Å². The van der Waals surface area contributed by atoms with Crippen molar-refractivity contribution in [1.82, 2.24) is 9.58 Å². The van der Waals surface area contributed by atoms with Gasteiger partial charge in [-0.2, -0.15) is 0 Å². The number of carbonyl (C=O) groups is 2. The molecule has 1 aromatic carbocycles. The fourth-order valence-corrected chi connectivity index (χ4v) is 7.25. The summed E-state index contributed by atoms with van der Waals surface area (Å²) in [6.07, 6.45) is -0.383. The normalized spacial score (nSPS) is 20.4. The fourth-order valence-electron chi connectivity index (χ4n) is 4.94. The highest BCUT2D eigenvalue weighted by Gasteiger charge is 2.47. The molecule has 0 N–H and O–H groups in total. The maximum absolute atomic E-state index is 15.1. The maximum atomic E-state index is 15.1. The predicted molar refractivity (Wildman–Crippen MR) is 130 cm³/mol. The van der Waals surface area contributed by atoms with E-state index in [9.17, 15) is 18.8 Å². The van der Waals surface area contributed by atoms with Crippen molar-refractivity contribution < 1.29 is 32.6 Å². The summed E-state index contributed by atoms with van der Waals surface area (Å²) < 4.78 is 46.3. The first-order valence-corrected chi connectivity index (χ1v) is 13.1. The highest BCUT2D eigenvalue weighted by Crippen LogP contribution is 2.47. The lowest BCUT2D eigenvalue weighted by atomic mass is 9.97. The summed E-state index contributed by atoms with van der Waals surface area (Å²) in [4.78, 5) is 41.7. The van der Waals surface area contributed by atoms with Crippen LogP contribution in [0.1, 0.15) is 32.5 Å². The van der Waals surface area contributed by atoms with Crippen molar-refractivity contribution in [2.75, 3.05) is 31.9 Å². The van der Waals surface area contributed by atoms with Crippen LogP contribution in [-0.4, -0.2) is 54.7 Å². The topological polar surface area (TPSA) is 90.3 Å². The standard InChI is InChI=1S/C24H19F2N3O6S2/c1-33-24(32)35-21-15(30)4-6-28-20(21)23(31)27-7-8-34-10-17(27)29(28)19-12-2-3-14(25)18(26)13(12)11-37-16-5-9-36-22(16)19/h2-6,9,17,19H,7-8,10-11H2,1H3/t17-,19-/m1/s1. The van der Waals surface area contributed by atoms with Crippen molar-refractivity contribution in [3.05, 3.63) is 79.4 Å². The van der Waals surface area contributed by atoms with Gasteiger partial charge in [0.15, 0.2) is 17.3 Å². The molecule has 5 heterocycles. The van der Waals surface area contributed by atoms with Gasteiger partial charge < -0.3 is 19.1 Å². The first-order valence-electron chi connectivity index (χ1n) is 11.3. The van der Waals surface area contributed by atoms with E-state index in [-0.39, 0.29) is 36.8 Å². The summed E-state index contributed by atoms with van der Waals surface area (Å²) in [6.45, 7) is 0.611. The number of methoxy groups -OCH3 is 1. The molecule has 37 heavy (non-hydrogen) atoms. The molecule has 1 saturated heterocycles. The minimum absolute atomic E-state index is 0.133. The summed E-state index contributed by atoms with van der Waals surface area (Å²) in [5.74, 6) is -2.66. The third-order valence-electron chi connectivity index (χ3n) is 6.58. The van der Waals surface area contributed by atoms with Gasteiger partial charge in [0.05, 0.1) is 20.3 Å². The molecule has 9 nitrogen and oxygen atoms in total. The van der Waals surface area contributed by atoms with Crippen LogP contribution in [0.25, 0.3) is 0 Å². The number of aromatic nitrogens is 1. The Hall–Kier alpha value is -3.42. The lowest BCUT2D eigenvalue weighted by molar-refractivity contribution is -0.0197. The van der Waals surface area contributed by atoms with Gasteiger partial charge in [0.1, 0.15) is 12.2 Å². The first-order chi connectivity index (χ1) is 17.9. The minimum Gasteiger partial charge on any atom is -0.437 e. The summed E-state index contributed by atoms with van der Waals surface area (Å²) >= 11 is 2.85. The smallest absolute Gasteiger partial charge is 0.437 e. The van der Waals surface area contributed by atoms with Crippen molar-refractivity contribution in [3.63, 3.8) is 0 Å². The number of hydrogen-bond acceptors (Lipinski definition) is 9. The Balaban J connectivity index is 1.64. The molecule has 192 valence electrons. The van der Waals surface area contributed by atoms with E-state index in [1.165, 1.54) is 44.9 Å². The zero-order valence-electron chi connectivity index (χ0n) is 19.3. The number of benzene rings is 1. The maximum Gasteiger partial charge on any atom is 0.513 e. The molecule has 0 radical (unpaired) electrons. The molecule has 6 rings (SSSR count). The van der Waals surface area contributed by atoms with Crippen LogP contribution in [0.2, 0.25) is 0 Å². The summed E-state index contributed by atoms with van der Waals surface area (Å²) in [7, 11) is 1.09. The largest absolute Gasteiger partial charge is 0.513 e. The summed E-state index contributed by atoms with van der Waals surface area (Å²) in [5, 5.41) is 3.72. The Labute approximate surface area is 217 Å². The second-order valence-corrected chi connectivity index (χ2v) is 10.4. The van der Waals surface area contributed by atoms with Gasteiger partial charge in [-0.05, 0) is 23.1 Å².